The Morgan fingerprint density at radius 2 is 1.82 bits per heavy atom. The summed E-state index contributed by atoms with van der Waals surface area (Å²) >= 11 is 0. The fraction of sp³-hybridized carbons (Fsp3) is 0.909. The molecule has 0 amide bonds. The molecule has 2 heterocycles. The summed E-state index contributed by atoms with van der Waals surface area (Å²) in [5, 5.41) is 4.24. The van der Waals surface area contributed by atoms with Crippen LogP contribution in [0.15, 0.2) is 5.16 Å². The Morgan fingerprint density at radius 3 is 2.57 bits per heavy atom. The van der Waals surface area contributed by atoms with Gasteiger partial charge in [-0.2, -0.15) is 0 Å². The first kappa shape index (κ1) is 18.9. The molecular weight excluding hydrogens is 358 g/mol. The quantitative estimate of drug-likeness (QED) is 0.418. The van der Waals surface area contributed by atoms with Gasteiger partial charge in [0.25, 0.3) is 0 Å². The molecule has 6 nitrogen and oxygen atoms in total. The van der Waals surface area contributed by atoms with E-state index in [-0.39, 0.29) is 34.7 Å². The monoisotopic (exact) mass is 391 g/mol. The van der Waals surface area contributed by atoms with Crippen LogP contribution in [0.2, 0.25) is 0 Å². The highest BCUT2D eigenvalue weighted by molar-refractivity contribution is 5.76. The van der Waals surface area contributed by atoms with E-state index in [1.54, 1.807) is 7.11 Å². The summed E-state index contributed by atoms with van der Waals surface area (Å²) < 4.78 is 18.1. The summed E-state index contributed by atoms with van der Waals surface area (Å²) in [5.41, 5.74) is -0.0584. The van der Waals surface area contributed by atoms with Crippen molar-refractivity contribution in [3.05, 3.63) is 0 Å². The zero-order valence-electron chi connectivity index (χ0n) is 17.3. The molecule has 28 heavy (non-hydrogen) atoms. The molecule has 0 aromatic heterocycles. The van der Waals surface area contributed by atoms with Crippen molar-refractivity contribution in [3.8, 4) is 0 Å². The van der Waals surface area contributed by atoms with Crippen LogP contribution >= 0.6 is 0 Å². The molecule has 2 bridgehead atoms. The van der Waals surface area contributed by atoms with E-state index >= 15 is 0 Å². The van der Waals surface area contributed by atoms with Crippen LogP contribution < -0.4 is 0 Å². The molecule has 5 rings (SSSR count). The van der Waals surface area contributed by atoms with E-state index in [1.165, 1.54) is 0 Å². The standard InChI is InChI=1S/C22H33NO5/c1-20(7-4-14-12-18(20)19(24)28-14)16-5-8-21(2)17(15(16)13-23-25-3)6-9-22(21)26-10-11-27-22/h13-18H,4-12H2,1-3H3/b23-13+/t14-,15+,16-,17-,18+,20+,21-/m0/s1. The van der Waals surface area contributed by atoms with Gasteiger partial charge in [-0.15, -0.1) is 0 Å². The molecule has 0 aromatic carbocycles. The molecule has 7 atom stereocenters. The maximum Gasteiger partial charge on any atom is 0.309 e. The predicted molar refractivity (Wildman–Crippen MR) is 103 cm³/mol. The lowest BCUT2D eigenvalue weighted by atomic mass is 9.49. The lowest BCUT2D eigenvalue weighted by molar-refractivity contribution is -0.239. The number of oxime groups is 1. The second kappa shape index (κ2) is 6.43. The third-order valence-electron chi connectivity index (χ3n) is 9.18. The van der Waals surface area contributed by atoms with Gasteiger partial charge in [0.05, 0.1) is 19.1 Å². The first-order valence-corrected chi connectivity index (χ1v) is 11.0. The molecule has 5 fully saturated rings. The Balaban J connectivity index is 1.50. The summed E-state index contributed by atoms with van der Waals surface area (Å²) in [7, 11) is 1.61. The van der Waals surface area contributed by atoms with Gasteiger partial charge in [0.2, 0.25) is 0 Å². The normalized spacial score (nSPS) is 49.5. The van der Waals surface area contributed by atoms with Crippen LogP contribution in [0.5, 0.6) is 0 Å². The topological polar surface area (TPSA) is 66.4 Å². The van der Waals surface area contributed by atoms with Crippen molar-refractivity contribution in [2.75, 3.05) is 20.3 Å². The van der Waals surface area contributed by atoms with E-state index in [9.17, 15) is 4.79 Å². The average molecular weight is 392 g/mol. The van der Waals surface area contributed by atoms with Gasteiger partial charge < -0.3 is 19.0 Å². The molecule has 0 radical (unpaired) electrons. The van der Waals surface area contributed by atoms with Gasteiger partial charge in [-0.25, -0.2) is 0 Å². The summed E-state index contributed by atoms with van der Waals surface area (Å²) in [4.78, 5) is 17.7. The number of carbonyl (C=O) groups excluding carboxylic acids is 1. The first-order valence-electron chi connectivity index (χ1n) is 11.0. The molecule has 0 N–H and O–H groups in total. The number of fused-ring (bicyclic) bond motifs is 4. The Labute approximate surface area is 167 Å². The largest absolute Gasteiger partial charge is 0.462 e. The summed E-state index contributed by atoms with van der Waals surface area (Å²) in [6, 6.07) is 0. The number of hydrogen-bond acceptors (Lipinski definition) is 6. The molecule has 6 heteroatoms. The van der Waals surface area contributed by atoms with Crippen molar-refractivity contribution < 1.29 is 23.8 Å². The Bertz CT molecular complexity index is 674. The van der Waals surface area contributed by atoms with Crippen LogP contribution in [0.25, 0.3) is 0 Å². The van der Waals surface area contributed by atoms with E-state index in [0.29, 0.717) is 25.0 Å². The third kappa shape index (κ3) is 2.40. The number of esters is 1. The Kier molecular flexibility index (Phi) is 4.33. The zero-order valence-corrected chi connectivity index (χ0v) is 17.3. The highest BCUT2D eigenvalue weighted by Gasteiger charge is 2.67. The van der Waals surface area contributed by atoms with Gasteiger partial charge in [0.15, 0.2) is 5.79 Å². The van der Waals surface area contributed by atoms with E-state index in [2.05, 4.69) is 19.0 Å². The van der Waals surface area contributed by atoms with E-state index < -0.39 is 5.79 Å². The van der Waals surface area contributed by atoms with Gasteiger partial charge in [0.1, 0.15) is 13.2 Å². The fourth-order valence-corrected chi connectivity index (χ4v) is 7.65. The van der Waals surface area contributed by atoms with Crippen LogP contribution in [0.1, 0.15) is 58.8 Å². The van der Waals surface area contributed by atoms with Crippen LogP contribution in [0.3, 0.4) is 0 Å². The molecule has 156 valence electrons. The smallest absolute Gasteiger partial charge is 0.309 e. The maximum atomic E-state index is 12.6. The molecule has 2 aliphatic heterocycles. The molecular formula is C22H33NO5. The van der Waals surface area contributed by atoms with Crippen molar-refractivity contribution in [3.63, 3.8) is 0 Å². The van der Waals surface area contributed by atoms with Crippen LogP contribution in [-0.4, -0.2) is 44.4 Å². The highest BCUT2D eigenvalue weighted by atomic mass is 16.7. The van der Waals surface area contributed by atoms with Gasteiger partial charge in [0, 0.05) is 24.0 Å². The minimum absolute atomic E-state index is 0.0196. The van der Waals surface area contributed by atoms with Crippen LogP contribution in [-0.2, 0) is 23.8 Å². The van der Waals surface area contributed by atoms with Crippen molar-refractivity contribution in [2.24, 2.45) is 39.7 Å². The van der Waals surface area contributed by atoms with Gasteiger partial charge in [-0.3, -0.25) is 4.79 Å². The van der Waals surface area contributed by atoms with E-state index in [0.717, 1.165) is 44.9 Å². The zero-order chi connectivity index (χ0) is 19.6. The van der Waals surface area contributed by atoms with Crippen molar-refractivity contribution in [1.29, 1.82) is 0 Å². The lowest BCUT2D eigenvalue weighted by Gasteiger charge is -2.55. The fourth-order valence-electron chi connectivity index (χ4n) is 7.65. The number of hydrogen-bond donors (Lipinski definition) is 0. The molecule has 1 spiro atoms. The van der Waals surface area contributed by atoms with Crippen LogP contribution in [0, 0.1) is 34.5 Å². The lowest BCUT2D eigenvalue weighted by Crippen LogP contribution is -2.55. The summed E-state index contributed by atoms with van der Waals surface area (Å²) in [6.45, 7) is 6.06. The highest BCUT2D eigenvalue weighted by Crippen LogP contribution is 2.67. The third-order valence-corrected chi connectivity index (χ3v) is 9.18. The number of carbonyl (C=O) groups is 1. The number of ether oxygens (including phenoxy) is 3. The minimum atomic E-state index is -0.438. The minimum Gasteiger partial charge on any atom is -0.462 e. The number of rotatable bonds is 3. The second-order valence-corrected chi connectivity index (χ2v) is 10.1. The molecule has 0 aromatic rings. The Hall–Kier alpha value is -1.14. The van der Waals surface area contributed by atoms with Crippen molar-refractivity contribution >= 4 is 12.2 Å². The Morgan fingerprint density at radius 1 is 1.07 bits per heavy atom. The molecule has 3 aliphatic carbocycles. The van der Waals surface area contributed by atoms with Gasteiger partial charge >= 0.3 is 5.97 Å². The SMILES string of the molecule is CO/N=C/[C@@H]1[C@@H]([C@@]2(C)CC[C@H]3C[C@@H]2C(=O)O3)CC[C@@]2(C)[C@H]1CCC21OCCO1. The van der Waals surface area contributed by atoms with Crippen molar-refractivity contribution in [1.82, 2.24) is 0 Å². The van der Waals surface area contributed by atoms with E-state index in [1.807, 2.05) is 6.21 Å². The maximum absolute atomic E-state index is 12.6. The van der Waals surface area contributed by atoms with Crippen LogP contribution in [0.4, 0.5) is 0 Å². The summed E-state index contributed by atoms with van der Waals surface area (Å²) in [6.07, 6.45) is 9.24. The molecule has 5 aliphatic rings. The molecule has 0 unspecified atom stereocenters. The van der Waals surface area contributed by atoms with E-state index in [4.69, 9.17) is 19.0 Å². The predicted octanol–water partition coefficient (Wildman–Crippen LogP) is 3.54. The number of nitrogens with zero attached hydrogens (tertiary/aromatic N) is 1. The summed E-state index contributed by atoms with van der Waals surface area (Å²) in [5.74, 6) is 0.695. The molecule has 2 saturated heterocycles. The van der Waals surface area contributed by atoms with Gasteiger partial charge in [-0.1, -0.05) is 19.0 Å². The molecule has 3 saturated carbocycles. The van der Waals surface area contributed by atoms with Gasteiger partial charge in [-0.05, 0) is 55.8 Å². The first-order chi connectivity index (χ1) is 13.4. The van der Waals surface area contributed by atoms with Crippen molar-refractivity contribution in [2.45, 2.75) is 70.7 Å². The average Bonchev–Trinajstić information content (AvgIpc) is 3.36. The second-order valence-electron chi connectivity index (χ2n) is 10.1.